The third kappa shape index (κ3) is 3.52. The highest BCUT2D eigenvalue weighted by Gasteiger charge is 2.25. The molecule has 0 aromatic heterocycles. The van der Waals surface area contributed by atoms with E-state index in [1.54, 1.807) is 19.1 Å². The van der Waals surface area contributed by atoms with Crippen LogP contribution in [0.15, 0.2) is 12.1 Å². The van der Waals surface area contributed by atoms with Crippen molar-refractivity contribution in [3.8, 4) is 11.5 Å². The number of ether oxygens (including phenoxy) is 2. The van der Waals surface area contributed by atoms with Gasteiger partial charge in [0.25, 0.3) is 5.91 Å². The molecule has 1 aliphatic rings. The summed E-state index contributed by atoms with van der Waals surface area (Å²) < 4.78 is 11.0. The molecule has 6 nitrogen and oxygen atoms in total. The highest BCUT2D eigenvalue weighted by Crippen LogP contribution is 2.36. The van der Waals surface area contributed by atoms with E-state index in [4.69, 9.17) is 9.47 Å². The van der Waals surface area contributed by atoms with Gasteiger partial charge in [-0.3, -0.25) is 15.0 Å². The maximum absolute atomic E-state index is 12.2. The molecule has 0 fully saturated rings. The minimum Gasteiger partial charge on any atom is -0.485 e. The summed E-state index contributed by atoms with van der Waals surface area (Å²) in [4.78, 5) is 23.0. The largest absolute Gasteiger partial charge is 0.485 e. The zero-order chi connectivity index (χ0) is 15.6. The van der Waals surface area contributed by atoms with Gasteiger partial charge in [-0.25, -0.2) is 5.43 Å². The third-order valence-electron chi connectivity index (χ3n) is 2.99. The lowest BCUT2D eigenvalue weighted by atomic mass is 10.1. The van der Waals surface area contributed by atoms with Crippen molar-refractivity contribution in [2.45, 2.75) is 39.3 Å². The minimum absolute atomic E-state index is 0.188. The van der Waals surface area contributed by atoms with E-state index in [0.29, 0.717) is 28.9 Å². The van der Waals surface area contributed by atoms with Crippen LogP contribution in [0.2, 0.25) is 0 Å². The van der Waals surface area contributed by atoms with E-state index in [2.05, 4.69) is 10.9 Å². The number of aldehydes is 1. The molecule has 1 heterocycles. The van der Waals surface area contributed by atoms with Crippen LogP contribution >= 0.6 is 0 Å². The van der Waals surface area contributed by atoms with Gasteiger partial charge in [-0.2, -0.15) is 0 Å². The first-order valence-corrected chi connectivity index (χ1v) is 6.77. The SMILES string of the molecule is Cc1c(C(=O)NNC(C)(C)C)ccc2c1OC(C=O)CO2. The first-order valence-electron chi connectivity index (χ1n) is 6.77. The number of fused-ring (bicyclic) bond motifs is 1. The van der Waals surface area contributed by atoms with Gasteiger partial charge in [0.2, 0.25) is 0 Å². The monoisotopic (exact) mass is 292 g/mol. The Labute approximate surface area is 123 Å². The molecule has 0 bridgehead atoms. The Kier molecular flexibility index (Phi) is 4.18. The lowest BCUT2D eigenvalue weighted by molar-refractivity contribution is -0.115. The Morgan fingerprint density at radius 2 is 2.10 bits per heavy atom. The predicted octanol–water partition coefficient (Wildman–Crippen LogP) is 1.37. The van der Waals surface area contributed by atoms with Gasteiger partial charge in [0.15, 0.2) is 23.9 Å². The van der Waals surface area contributed by atoms with Gasteiger partial charge in [-0.1, -0.05) is 0 Å². The maximum atomic E-state index is 12.2. The zero-order valence-electron chi connectivity index (χ0n) is 12.6. The summed E-state index contributed by atoms with van der Waals surface area (Å²) in [6.07, 6.45) is 0.0539. The smallest absolute Gasteiger partial charge is 0.265 e. The number of carbonyl (C=O) groups excluding carboxylic acids is 2. The molecule has 1 aliphatic heterocycles. The lowest BCUT2D eigenvalue weighted by Gasteiger charge is -2.26. The lowest BCUT2D eigenvalue weighted by Crippen LogP contribution is -2.48. The predicted molar refractivity (Wildman–Crippen MR) is 77.5 cm³/mol. The number of benzene rings is 1. The first kappa shape index (κ1) is 15.3. The summed E-state index contributed by atoms with van der Waals surface area (Å²) in [6.45, 7) is 7.78. The van der Waals surface area contributed by atoms with Crippen LogP contribution in [0, 0.1) is 6.92 Å². The summed E-state index contributed by atoms with van der Waals surface area (Å²) in [6, 6.07) is 3.35. The Balaban J connectivity index is 2.22. The topological polar surface area (TPSA) is 76.7 Å². The van der Waals surface area contributed by atoms with Crippen molar-refractivity contribution in [3.63, 3.8) is 0 Å². The first-order chi connectivity index (χ1) is 9.81. The summed E-state index contributed by atoms with van der Waals surface area (Å²) in [5.41, 5.74) is 6.46. The van der Waals surface area contributed by atoms with Gasteiger partial charge in [0.05, 0.1) is 0 Å². The molecule has 0 saturated heterocycles. The molecule has 6 heteroatoms. The normalized spacial score (nSPS) is 17.2. The number of carbonyl (C=O) groups is 2. The molecule has 0 radical (unpaired) electrons. The second kappa shape index (κ2) is 5.73. The molecule has 2 N–H and O–H groups in total. The molecule has 0 aliphatic carbocycles. The van der Waals surface area contributed by atoms with Crippen LogP contribution in [-0.4, -0.2) is 30.4 Å². The highest BCUT2D eigenvalue weighted by atomic mass is 16.6. The average molecular weight is 292 g/mol. The van der Waals surface area contributed by atoms with Crippen LogP contribution in [0.4, 0.5) is 0 Å². The Bertz CT molecular complexity index is 564. The van der Waals surface area contributed by atoms with Crippen molar-refractivity contribution in [1.82, 2.24) is 10.9 Å². The van der Waals surface area contributed by atoms with E-state index < -0.39 is 6.10 Å². The van der Waals surface area contributed by atoms with Crippen molar-refractivity contribution in [3.05, 3.63) is 23.3 Å². The molecular weight excluding hydrogens is 272 g/mol. The van der Waals surface area contributed by atoms with E-state index in [1.807, 2.05) is 20.8 Å². The van der Waals surface area contributed by atoms with Crippen molar-refractivity contribution >= 4 is 12.2 Å². The van der Waals surface area contributed by atoms with Crippen molar-refractivity contribution in [2.24, 2.45) is 0 Å². The van der Waals surface area contributed by atoms with Gasteiger partial charge >= 0.3 is 0 Å². The maximum Gasteiger partial charge on any atom is 0.265 e. The number of hydrazine groups is 1. The summed E-state index contributed by atoms with van der Waals surface area (Å²) >= 11 is 0. The fourth-order valence-corrected chi connectivity index (χ4v) is 1.91. The number of amides is 1. The van der Waals surface area contributed by atoms with Gasteiger partial charge in [0, 0.05) is 16.7 Å². The van der Waals surface area contributed by atoms with Crippen molar-refractivity contribution in [1.29, 1.82) is 0 Å². The van der Waals surface area contributed by atoms with E-state index >= 15 is 0 Å². The Hall–Kier alpha value is -2.08. The fraction of sp³-hybridized carbons (Fsp3) is 0.467. The summed E-state index contributed by atoms with van der Waals surface area (Å²) in [7, 11) is 0. The Morgan fingerprint density at radius 3 is 2.71 bits per heavy atom. The van der Waals surface area contributed by atoms with Crippen LogP contribution in [0.5, 0.6) is 11.5 Å². The second-order valence-corrected chi connectivity index (χ2v) is 6.00. The molecule has 21 heavy (non-hydrogen) atoms. The minimum atomic E-state index is -0.637. The number of rotatable bonds is 3. The van der Waals surface area contributed by atoms with Gasteiger partial charge in [-0.05, 0) is 39.8 Å². The van der Waals surface area contributed by atoms with Crippen molar-refractivity contribution < 1.29 is 19.1 Å². The van der Waals surface area contributed by atoms with Gasteiger partial charge < -0.3 is 9.47 Å². The quantitative estimate of drug-likeness (QED) is 0.650. The summed E-state index contributed by atoms with van der Waals surface area (Å²) in [5, 5.41) is 0. The zero-order valence-corrected chi connectivity index (χ0v) is 12.6. The molecule has 0 saturated carbocycles. The average Bonchev–Trinajstić information content (AvgIpc) is 2.44. The van der Waals surface area contributed by atoms with Crippen molar-refractivity contribution in [2.75, 3.05) is 6.61 Å². The van der Waals surface area contributed by atoms with Gasteiger partial charge in [-0.15, -0.1) is 0 Å². The molecule has 1 aromatic carbocycles. The molecule has 2 rings (SSSR count). The van der Waals surface area contributed by atoms with E-state index in [9.17, 15) is 9.59 Å². The van der Waals surface area contributed by atoms with E-state index in [0.717, 1.165) is 0 Å². The van der Waals surface area contributed by atoms with Crippen LogP contribution in [-0.2, 0) is 4.79 Å². The highest BCUT2D eigenvalue weighted by molar-refractivity contribution is 5.96. The second-order valence-electron chi connectivity index (χ2n) is 6.00. The van der Waals surface area contributed by atoms with Crippen LogP contribution in [0.25, 0.3) is 0 Å². The van der Waals surface area contributed by atoms with E-state index in [1.165, 1.54) is 0 Å². The third-order valence-corrected chi connectivity index (χ3v) is 2.99. The van der Waals surface area contributed by atoms with Gasteiger partial charge in [0.1, 0.15) is 6.61 Å². The molecule has 0 spiro atoms. The van der Waals surface area contributed by atoms with E-state index in [-0.39, 0.29) is 18.1 Å². The Morgan fingerprint density at radius 1 is 1.38 bits per heavy atom. The number of hydrogen-bond donors (Lipinski definition) is 2. The summed E-state index contributed by atoms with van der Waals surface area (Å²) in [5.74, 6) is 0.731. The fourth-order valence-electron chi connectivity index (χ4n) is 1.91. The van der Waals surface area contributed by atoms with Crippen LogP contribution in [0.3, 0.4) is 0 Å². The molecule has 1 aromatic rings. The molecule has 114 valence electrons. The molecule has 1 unspecified atom stereocenters. The van der Waals surface area contributed by atoms with Crippen LogP contribution < -0.4 is 20.3 Å². The molecular formula is C15H20N2O4. The number of nitrogens with one attached hydrogen (secondary N) is 2. The number of hydrogen-bond acceptors (Lipinski definition) is 5. The molecule has 1 amide bonds. The molecule has 1 atom stereocenters. The standard InChI is InChI=1S/C15H20N2O4/c1-9-11(14(19)16-17-15(2,3)4)5-6-12-13(9)21-10(7-18)8-20-12/h5-7,10,17H,8H2,1-4H3,(H,16,19). The van der Waals surface area contributed by atoms with Crippen LogP contribution in [0.1, 0.15) is 36.7 Å².